The Bertz CT molecular complexity index is 823. The van der Waals surface area contributed by atoms with Gasteiger partial charge in [-0.1, -0.05) is 6.07 Å². The van der Waals surface area contributed by atoms with Gasteiger partial charge < -0.3 is 14.4 Å². The summed E-state index contributed by atoms with van der Waals surface area (Å²) in [5.41, 5.74) is 3.03. The number of methoxy groups -OCH3 is 1. The third kappa shape index (κ3) is 7.13. The van der Waals surface area contributed by atoms with Crippen molar-refractivity contribution in [3.63, 3.8) is 0 Å². The van der Waals surface area contributed by atoms with Gasteiger partial charge in [-0.25, -0.2) is 0 Å². The van der Waals surface area contributed by atoms with Gasteiger partial charge in [0.25, 0.3) is 0 Å². The highest BCUT2D eigenvalue weighted by Crippen LogP contribution is 2.20. The summed E-state index contributed by atoms with van der Waals surface area (Å²) in [7, 11) is 3.51. The lowest BCUT2D eigenvalue weighted by atomic mass is 10.1. The van der Waals surface area contributed by atoms with Gasteiger partial charge in [0.1, 0.15) is 18.1 Å². The number of hydrogen-bond acceptors (Lipinski definition) is 5. The molecule has 0 N–H and O–H groups in total. The number of nitriles is 1. The summed E-state index contributed by atoms with van der Waals surface area (Å²) in [5.74, 6) is 1.51. The monoisotopic (exact) mass is 395 g/mol. The predicted molar refractivity (Wildman–Crippen MR) is 114 cm³/mol. The van der Waals surface area contributed by atoms with Crippen LogP contribution in [0.2, 0.25) is 0 Å². The normalized spacial score (nSPS) is 10.5. The van der Waals surface area contributed by atoms with Gasteiger partial charge in [-0.3, -0.25) is 9.69 Å². The lowest BCUT2D eigenvalue weighted by Gasteiger charge is -2.25. The number of rotatable bonds is 10. The van der Waals surface area contributed by atoms with E-state index < -0.39 is 0 Å². The molecule has 0 heterocycles. The summed E-state index contributed by atoms with van der Waals surface area (Å²) in [5, 5.41) is 8.97. The van der Waals surface area contributed by atoms with Crippen LogP contribution in [0.25, 0.3) is 0 Å². The Hall–Kier alpha value is -3.04. The highest BCUT2D eigenvalue weighted by Gasteiger charge is 2.18. The van der Waals surface area contributed by atoms with Gasteiger partial charge in [-0.2, -0.15) is 5.26 Å². The van der Waals surface area contributed by atoms with Gasteiger partial charge in [0.05, 0.1) is 26.1 Å². The molecule has 0 saturated heterocycles. The van der Waals surface area contributed by atoms with Crippen LogP contribution in [0.5, 0.6) is 11.5 Å². The Morgan fingerprint density at radius 1 is 1.03 bits per heavy atom. The molecule has 0 bridgehead atoms. The average molecular weight is 396 g/mol. The average Bonchev–Trinajstić information content (AvgIpc) is 2.68. The van der Waals surface area contributed by atoms with Gasteiger partial charge in [-0.15, -0.1) is 0 Å². The lowest BCUT2D eigenvalue weighted by molar-refractivity contribution is -0.119. The Morgan fingerprint density at radius 2 is 1.66 bits per heavy atom. The third-order valence-corrected chi connectivity index (χ3v) is 4.47. The van der Waals surface area contributed by atoms with E-state index in [-0.39, 0.29) is 12.5 Å². The molecule has 0 radical (unpaired) electrons. The maximum Gasteiger partial charge on any atom is 0.241 e. The second-order valence-electron chi connectivity index (χ2n) is 7.06. The molecular formula is C23H29N3O3. The Morgan fingerprint density at radius 3 is 2.24 bits per heavy atom. The SMILES string of the molecule is COc1ccc(OCCN(C)CC(=O)N(CCC#N)c2cc(C)cc(C)c2)cc1. The highest BCUT2D eigenvalue weighted by molar-refractivity contribution is 5.95. The minimum atomic E-state index is -0.0304. The molecule has 2 aromatic rings. The van der Waals surface area contributed by atoms with Crippen LogP contribution in [0.4, 0.5) is 5.69 Å². The number of hydrogen-bond donors (Lipinski definition) is 0. The van der Waals surface area contributed by atoms with Crippen LogP contribution in [0, 0.1) is 25.2 Å². The molecule has 6 nitrogen and oxygen atoms in total. The van der Waals surface area contributed by atoms with Crippen LogP contribution in [-0.4, -0.2) is 51.2 Å². The van der Waals surface area contributed by atoms with E-state index in [0.29, 0.717) is 26.1 Å². The maximum absolute atomic E-state index is 12.9. The number of amides is 1. The van der Waals surface area contributed by atoms with Crippen molar-refractivity contribution in [3.05, 3.63) is 53.6 Å². The van der Waals surface area contributed by atoms with Crippen LogP contribution < -0.4 is 14.4 Å². The molecule has 0 atom stereocenters. The lowest BCUT2D eigenvalue weighted by Crippen LogP contribution is -2.40. The number of aryl methyl sites for hydroxylation is 2. The second-order valence-corrected chi connectivity index (χ2v) is 7.06. The summed E-state index contributed by atoms with van der Waals surface area (Å²) in [4.78, 5) is 16.5. The minimum absolute atomic E-state index is 0.0304. The van der Waals surface area contributed by atoms with Crippen LogP contribution in [-0.2, 0) is 4.79 Å². The van der Waals surface area contributed by atoms with Crippen molar-refractivity contribution in [1.29, 1.82) is 5.26 Å². The van der Waals surface area contributed by atoms with E-state index in [1.807, 2.05) is 62.2 Å². The summed E-state index contributed by atoms with van der Waals surface area (Å²) in [6, 6.07) is 15.6. The molecule has 2 aromatic carbocycles. The molecule has 1 amide bonds. The molecular weight excluding hydrogens is 366 g/mol. The van der Waals surface area contributed by atoms with Crippen molar-refractivity contribution in [2.24, 2.45) is 0 Å². The smallest absolute Gasteiger partial charge is 0.241 e. The molecule has 0 aliphatic rings. The molecule has 0 aliphatic carbocycles. The molecule has 0 aromatic heterocycles. The van der Waals surface area contributed by atoms with Crippen LogP contribution in [0.15, 0.2) is 42.5 Å². The quantitative estimate of drug-likeness (QED) is 0.615. The van der Waals surface area contributed by atoms with E-state index in [9.17, 15) is 4.79 Å². The second kappa shape index (κ2) is 11.1. The number of carbonyl (C=O) groups excluding carboxylic acids is 1. The van der Waals surface area contributed by atoms with E-state index in [0.717, 1.165) is 28.3 Å². The molecule has 0 aliphatic heterocycles. The van der Waals surface area contributed by atoms with E-state index in [1.165, 1.54) is 0 Å². The van der Waals surface area contributed by atoms with Crippen molar-refractivity contribution in [2.45, 2.75) is 20.3 Å². The first-order valence-electron chi connectivity index (χ1n) is 9.64. The number of benzene rings is 2. The zero-order chi connectivity index (χ0) is 21.2. The van der Waals surface area contributed by atoms with Crippen molar-refractivity contribution in [1.82, 2.24) is 4.90 Å². The Balaban J connectivity index is 1.92. The van der Waals surface area contributed by atoms with Gasteiger partial charge in [0.15, 0.2) is 0 Å². The third-order valence-electron chi connectivity index (χ3n) is 4.47. The number of anilines is 1. The molecule has 6 heteroatoms. The fourth-order valence-corrected chi connectivity index (χ4v) is 3.05. The Kier molecular flexibility index (Phi) is 8.50. The largest absolute Gasteiger partial charge is 0.497 e. The maximum atomic E-state index is 12.9. The zero-order valence-corrected chi connectivity index (χ0v) is 17.6. The number of ether oxygens (including phenoxy) is 2. The Labute approximate surface area is 173 Å². The molecule has 0 unspecified atom stereocenters. The predicted octanol–water partition coefficient (Wildman–Crippen LogP) is 3.57. The van der Waals surface area contributed by atoms with Gasteiger partial charge >= 0.3 is 0 Å². The van der Waals surface area contributed by atoms with E-state index in [1.54, 1.807) is 12.0 Å². The number of likely N-dealkylation sites (N-methyl/N-ethyl adjacent to an activating group) is 1. The van der Waals surface area contributed by atoms with Crippen LogP contribution in [0.3, 0.4) is 0 Å². The van der Waals surface area contributed by atoms with Gasteiger partial charge in [0, 0.05) is 18.8 Å². The molecule has 0 fully saturated rings. The zero-order valence-electron chi connectivity index (χ0n) is 17.6. The highest BCUT2D eigenvalue weighted by atomic mass is 16.5. The molecule has 0 spiro atoms. The van der Waals surface area contributed by atoms with Crippen molar-refractivity contribution in [2.75, 3.05) is 45.3 Å². The van der Waals surface area contributed by atoms with Gasteiger partial charge in [0.2, 0.25) is 5.91 Å². The number of nitrogens with zero attached hydrogens (tertiary/aromatic N) is 3. The molecule has 154 valence electrons. The van der Waals surface area contributed by atoms with E-state index in [4.69, 9.17) is 14.7 Å². The fraction of sp³-hybridized carbons (Fsp3) is 0.391. The fourth-order valence-electron chi connectivity index (χ4n) is 3.05. The summed E-state index contributed by atoms with van der Waals surface area (Å²) in [6.45, 7) is 5.73. The summed E-state index contributed by atoms with van der Waals surface area (Å²) < 4.78 is 10.9. The summed E-state index contributed by atoms with van der Waals surface area (Å²) >= 11 is 0. The van der Waals surface area contributed by atoms with E-state index in [2.05, 4.69) is 12.1 Å². The minimum Gasteiger partial charge on any atom is -0.497 e. The molecule has 29 heavy (non-hydrogen) atoms. The topological polar surface area (TPSA) is 65.8 Å². The van der Waals surface area contributed by atoms with Crippen molar-refractivity contribution >= 4 is 11.6 Å². The first kappa shape index (κ1) is 22.3. The first-order chi connectivity index (χ1) is 13.9. The number of carbonyl (C=O) groups is 1. The first-order valence-corrected chi connectivity index (χ1v) is 9.64. The summed E-state index contributed by atoms with van der Waals surface area (Å²) in [6.07, 6.45) is 0.295. The molecule has 2 rings (SSSR count). The van der Waals surface area contributed by atoms with Gasteiger partial charge in [-0.05, 0) is 68.4 Å². The van der Waals surface area contributed by atoms with Crippen molar-refractivity contribution in [3.8, 4) is 17.6 Å². The van der Waals surface area contributed by atoms with E-state index >= 15 is 0 Å². The van der Waals surface area contributed by atoms with Crippen molar-refractivity contribution < 1.29 is 14.3 Å². The molecule has 0 saturated carbocycles. The standard InChI is InChI=1S/C23H29N3O3/c1-18-14-19(2)16-20(15-18)26(11-5-10-24)23(27)17-25(3)12-13-29-22-8-6-21(28-4)7-9-22/h6-9,14-16H,5,11-13,17H2,1-4H3. The van der Waals surface area contributed by atoms with Crippen LogP contribution >= 0.6 is 0 Å². The van der Waals surface area contributed by atoms with Crippen LogP contribution in [0.1, 0.15) is 17.5 Å².